The number of carbonyl (C=O) groups is 1. The fourth-order valence-corrected chi connectivity index (χ4v) is 2.30. The molecule has 1 amide bonds. The van der Waals surface area contributed by atoms with Crippen LogP contribution in [-0.2, 0) is 4.74 Å². The average Bonchev–Trinajstić information content (AvgIpc) is 2.40. The molecule has 0 radical (unpaired) electrons. The third kappa shape index (κ3) is 3.00. The summed E-state index contributed by atoms with van der Waals surface area (Å²) in [6.45, 7) is 1.19. The van der Waals surface area contributed by atoms with E-state index in [1.54, 1.807) is 0 Å². The van der Waals surface area contributed by atoms with Crippen molar-refractivity contribution < 1.29 is 13.9 Å². The van der Waals surface area contributed by atoms with Crippen molar-refractivity contribution in [1.82, 2.24) is 5.32 Å². The van der Waals surface area contributed by atoms with Crippen molar-refractivity contribution in [2.24, 2.45) is 0 Å². The summed E-state index contributed by atoms with van der Waals surface area (Å²) in [7, 11) is 0. The third-order valence-electron chi connectivity index (χ3n) is 3.19. The van der Waals surface area contributed by atoms with Gasteiger partial charge in [-0.2, -0.15) is 0 Å². The van der Waals surface area contributed by atoms with Gasteiger partial charge in [-0.3, -0.25) is 4.79 Å². The summed E-state index contributed by atoms with van der Waals surface area (Å²) in [4.78, 5) is 12.1. The quantitative estimate of drug-likeness (QED) is 0.857. The van der Waals surface area contributed by atoms with Gasteiger partial charge in [0.15, 0.2) is 0 Å². The minimum atomic E-state index is -0.411. The van der Waals surface area contributed by atoms with Crippen molar-refractivity contribution in [2.75, 3.05) is 19.1 Å². The maximum absolute atomic E-state index is 12.8. The second-order valence-electron chi connectivity index (χ2n) is 4.49. The van der Waals surface area contributed by atoms with Crippen LogP contribution in [0.4, 0.5) is 4.39 Å². The lowest BCUT2D eigenvalue weighted by atomic mass is 9.92. The largest absolute Gasteiger partial charge is 0.381 e. The molecule has 1 aromatic carbocycles. The molecule has 98 valence electrons. The zero-order valence-corrected chi connectivity index (χ0v) is 10.7. The minimum absolute atomic E-state index is 0.224. The number of carbonyl (C=O) groups excluding carboxylic acids is 1. The van der Waals surface area contributed by atoms with Gasteiger partial charge in [0.2, 0.25) is 0 Å². The maximum Gasteiger partial charge on any atom is 0.251 e. The number of hydrogen-bond acceptors (Lipinski definition) is 2. The molecule has 1 fully saturated rings. The molecule has 0 spiro atoms. The second kappa shape index (κ2) is 5.67. The smallest absolute Gasteiger partial charge is 0.251 e. The van der Waals surface area contributed by atoms with Crippen LogP contribution in [0.3, 0.4) is 0 Å². The van der Waals surface area contributed by atoms with Gasteiger partial charge in [-0.1, -0.05) is 0 Å². The first-order valence-electron chi connectivity index (χ1n) is 5.87. The topological polar surface area (TPSA) is 38.3 Å². The van der Waals surface area contributed by atoms with E-state index in [2.05, 4.69) is 5.32 Å². The molecule has 1 aliphatic heterocycles. The molecule has 5 heteroatoms. The summed E-state index contributed by atoms with van der Waals surface area (Å²) in [5, 5.41) is 2.94. The Kier molecular flexibility index (Phi) is 4.19. The van der Waals surface area contributed by atoms with Crippen LogP contribution in [0.25, 0.3) is 0 Å². The van der Waals surface area contributed by atoms with Crippen LogP contribution in [0.15, 0.2) is 24.3 Å². The summed E-state index contributed by atoms with van der Waals surface area (Å²) in [6, 6.07) is 5.47. The molecule has 1 aliphatic rings. The normalized spacial score (nSPS) is 18.3. The molecule has 0 aromatic heterocycles. The highest BCUT2D eigenvalue weighted by Crippen LogP contribution is 2.22. The lowest BCUT2D eigenvalue weighted by molar-refractivity contribution is 0.0434. The Hall–Kier alpha value is -1.13. The molecule has 1 aromatic rings. The predicted molar refractivity (Wildman–Crippen MR) is 67.4 cm³/mol. The molecular formula is C13H15ClFNO2. The molecule has 1 heterocycles. The van der Waals surface area contributed by atoms with Crippen molar-refractivity contribution in [3.63, 3.8) is 0 Å². The summed E-state index contributed by atoms with van der Waals surface area (Å²) in [5.41, 5.74) is 0.0260. The van der Waals surface area contributed by atoms with E-state index in [4.69, 9.17) is 16.3 Å². The van der Waals surface area contributed by atoms with E-state index in [1.165, 1.54) is 24.3 Å². The fourth-order valence-electron chi connectivity index (χ4n) is 1.97. The highest BCUT2D eigenvalue weighted by molar-refractivity contribution is 6.19. The van der Waals surface area contributed by atoms with Gasteiger partial charge in [0.25, 0.3) is 5.91 Å². The van der Waals surface area contributed by atoms with E-state index < -0.39 is 5.54 Å². The Balaban J connectivity index is 2.07. The minimum Gasteiger partial charge on any atom is -0.381 e. The van der Waals surface area contributed by atoms with Crippen molar-refractivity contribution in [1.29, 1.82) is 0 Å². The molecule has 0 aliphatic carbocycles. The molecule has 0 saturated carbocycles. The van der Waals surface area contributed by atoms with Crippen molar-refractivity contribution in [3.8, 4) is 0 Å². The number of benzene rings is 1. The molecule has 1 saturated heterocycles. The van der Waals surface area contributed by atoms with Gasteiger partial charge in [-0.15, -0.1) is 11.6 Å². The number of hydrogen-bond donors (Lipinski definition) is 1. The monoisotopic (exact) mass is 271 g/mol. The number of nitrogens with one attached hydrogen (secondary N) is 1. The van der Waals surface area contributed by atoms with Crippen LogP contribution in [0, 0.1) is 5.82 Å². The van der Waals surface area contributed by atoms with Gasteiger partial charge in [0, 0.05) is 24.7 Å². The van der Waals surface area contributed by atoms with Crippen LogP contribution >= 0.6 is 11.6 Å². The van der Waals surface area contributed by atoms with Crippen LogP contribution in [0.2, 0.25) is 0 Å². The average molecular weight is 272 g/mol. The maximum atomic E-state index is 12.8. The van der Waals surface area contributed by atoms with Gasteiger partial charge < -0.3 is 10.1 Å². The standard InChI is InChI=1S/C13H15ClFNO2/c14-9-13(5-7-18-8-6-13)16-12(17)10-1-3-11(15)4-2-10/h1-4H,5-9H2,(H,16,17). The summed E-state index contributed by atoms with van der Waals surface area (Å²) in [5.74, 6) is -0.231. The Bertz CT molecular complexity index is 416. The molecule has 0 bridgehead atoms. The van der Waals surface area contributed by atoms with Crippen molar-refractivity contribution in [2.45, 2.75) is 18.4 Å². The molecule has 0 unspecified atom stereocenters. The van der Waals surface area contributed by atoms with E-state index in [-0.39, 0.29) is 11.7 Å². The van der Waals surface area contributed by atoms with Gasteiger partial charge in [0.05, 0.1) is 5.54 Å². The van der Waals surface area contributed by atoms with Gasteiger partial charge in [0.1, 0.15) is 5.82 Å². The van der Waals surface area contributed by atoms with E-state index in [9.17, 15) is 9.18 Å². The van der Waals surface area contributed by atoms with E-state index >= 15 is 0 Å². The number of ether oxygens (including phenoxy) is 1. The lowest BCUT2D eigenvalue weighted by Gasteiger charge is -2.36. The Labute approximate surface area is 110 Å². The zero-order valence-electron chi connectivity index (χ0n) is 9.92. The summed E-state index contributed by atoms with van der Waals surface area (Å²) >= 11 is 5.96. The van der Waals surface area contributed by atoms with E-state index in [1.807, 2.05) is 0 Å². The highest BCUT2D eigenvalue weighted by Gasteiger charge is 2.33. The number of alkyl halides is 1. The first-order chi connectivity index (χ1) is 8.65. The van der Waals surface area contributed by atoms with Gasteiger partial charge >= 0.3 is 0 Å². The molecule has 3 nitrogen and oxygen atoms in total. The van der Waals surface area contributed by atoms with Crippen LogP contribution in [0.1, 0.15) is 23.2 Å². The highest BCUT2D eigenvalue weighted by atomic mass is 35.5. The first-order valence-corrected chi connectivity index (χ1v) is 6.40. The zero-order chi connectivity index (χ0) is 13.0. The Morgan fingerprint density at radius 2 is 1.94 bits per heavy atom. The summed E-state index contributed by atoms with van der Waals surface area (Å²) in [6.07, 6.45) is 1.40. The van der Waals surface area contributed by atoms with Crippen LogP contribution in [0.5, 0.6) is 0 Å². The second-order valence-corrected chi connectivity index (χ2v) is 4.75. The molecule has 18 heavy (non-hydrogen) atoms. The SMILES string of the molecule is O=C(NC1(CCl)CCOCC1)c1ccc(F)cc1. The molecule has 0 atom stereocenters. The lowest BCUT2D eigenvalue weighted by Crippen LogP contribution is -2.53. The van der Waals surface area contributed by atoms with Crippen molar-refractivity contribution >= 4 is 17.5 Å². The molecule has 1 N–H and O–H groups in total. The molecule has 2 rings (SSSR count). The van der Waals surface area contributed by atoms with Crippen LogP contribution < -0.4 is 5.32 Å². The van der Waals surface area contributed by atoms with Crippen LogP contribution in [-0.4, -0.2) is 30.5 Å². The predicted octanol–water partition coefficient (Wildman–Crippen LogP) is 2.34. The van der Waals surface area contributed by atoms with Gasteiger partial charge in [-0.25, -0.2) is 4.39 Å². The number of rotatable bonds is 3. The van der Waals surface area contributed by atoms with Crippen molar-refractivity contribution in [3.05, 3.63) is 35.6 Å². The first kappa shape index (κ1) is 13.3. The fraction of sp³-hybridized carbons (Fsp3) is 0.462. The van der Waals surface area contributed by atoms with E-state index in [0.29, 0.717) is 37.5 Å². The molecular weight excluding hydrogens is 257 g/mol. The Morgan fingerprint density at radius 3 is 2.50 bits per heavy atom. The van der Waals surface area contributed by atoms with Gasteiger partial charge in [-0.05, 0) is 37.1 Å². The number of amides is 1. The van der Waals surface area contributed by atoms with E-state index in [0.717, 1.165) is 0 Å². The summed E-state index contributed by atoms with van der Waals surface area (Å²) < 4.78 is 18.1. The Morgan fingerprint density at radius 1 is 1.33 bits per heavy atom. The number of halogens is 2. The third-order valence-corrected chi connectivity index (χ3v) is 3.70.